The van der Waals surface area contributed by atoms with Crippen LogP contribution in [0.25, 0.3) is 6.08 Å². The van der Waals surface area contributed by atoms with Crippen LogP contribution in [-0.4, -0.2) is 110 Å². The molecule has 3 heterocycles. The monoisotopic (exact) mass is 522 g/mol. The summed E-state index contributed by atoms with van der Waals surface area (Å²) in [6.45, 7) is 9.48. The number of hydrogen-bond donors (Lipinski definition) is 0. The molecule has 0 spiro atoms. The van der Waals surface area contributed by atoms with E-state index >= 15 is 0 Å². The molecule has 0 saturated carbocycles. The fraction of sp³-hybridized carbons (Fsp3) is 0.615. The zero-order valence-corrected chi connectivity index (χ0v) is 21.9. The van der Waals surface area contributed by atoms with Gasteiger partial charge in [0.15, 0.2) is 0 Å². The van der Waals surface area contributed by atoms with Crippen LogP contribution in [0.2, 0.25) is 10.0 Å². The molecule has 3 aliphatic rings. The molecule has 7 nitrogen and oxygen atoms in total. The number of piperidine rings is 1. The van der Waals surface area contributed by atoms with Crippen LogP contribution >= 0.6 is 23.2 Å². The van der Waals surface area contributed by atoms with E-state index in [4.69, 9.17) is 27.9 Å². The number of hydrogen-bond acceptors (Lipinski definition) is 5. The van der Waals surface area contributed by atoms with Crippen molar-refractivity contribution in [2.75, 3.05) is 72.1 Å². The molecule has 192 valence electrons. The van der Waals surface area contributed by atoms with Crippen molar-refractivity contribution in [1.29, 1.82) is 0 Å². The SMILES string of the molecule is O=C(/C=C/c1ccc(Cl)c(Cl)c1)N1CCC(=O)N(CCCN2CCC(N3CCOCC3)CC2)CC1. The average molecular weight is 524 g/mol. The highest BCUT2D eigenvalue weighted by Gasteiger charge is 2.26. The van der Waals surface area contributed by atoms with E-state index in [9.17, 15) is 9.59 Å². The molecule has 3 fully saturated rings. The van der Waals surface area contributed by atoms with Crippen LogP contribution in [0, 0.1) is 0 Å². The summed E-state index contributed by atoms with van der Waals surface area (Å²) in [7, 11) is 0. The van der Waals surface area contributed by atoms with E-state index < -0.39 is 0 Å². The molecule has 0 atom stereocenters. The Morgan fingerprint density at radius 2 is 1.74 bits per heavy atom. The molecule has 0 N–H and O–H groups in total. The highest BCUT2D eigenvalue weighted by atomic mass is 35.5. The predicted molar refractivity (Wildman–Crippen MR) is 140 cm³/mol. The third kappa shape index (κ3) is 7.67. The number of carbonyl (C=O) groups is 2. The van der Waals surface area contributed by atoms with Crippen LogP contribution in [0.1, 0.15) is 31.2 Å². The highest BCUT2D eigenvalue weighted by Crippen LogP contribution is 2.23. The zero-order chi connectivity index (χ0) is 24.6. The minimum absolute atomic E-state index is 0.0890. The first-order chi connectivity index (χ1) is 17.0. The van der Waals surface area contributed by atoms with Gasteiger partial charge in [0.2, 0.25) is 11.8 Å². The van der Waals surface area contributed by atoms with Crippen molar-refractivity contribution in [3.05, 3.63) is 39.9 Å². The summed E-state index contributed by atoms with van der Waals surface area (Å²) in [5.41, 5.74) is 0.814. The van der Waals surface area contributed by atoms with Crippen LogP contribution < -0.4 is 0 Å². The third-order valence-corrected chi connectivity index (χ3v) is 8.02. The van der Waals surface area contributed by atoms with Gasteiger partial charge in [0.1, 0.15) is 0 Å². The number of carbonyl (C=O) groups excluding carboxylic acids is 2. The lowest BCUT2D eigenvalue weighted by molar-refractivity contribution is -0.130. The maximum Gasteiger partial charge on any atom is 0.246 e. The molecule has 3 saturated heterocycles. The topological polar surface area (TPSA) is 56.3 Å². The Labute approximate surface area is 218 Å². The van der Waals surface area contributed by atoms with Gasteiger partial charge in [0.25, 0.3) is 0 Å². The zero-order valence-electron chi connectivity index (χ0n) is 20.3. The van der Waals surface area contributed by atoms with E-state index in [1.165, 1.54) is 12.8 Å². The first-order valence-electron chi connectivity index (χ1n) is 12.7. The van der Waals surface area contributed by atoms with Crippen molar-refractivity contribution in [1.82, 2.24) is 19.6 Å². The number of halogens is 2. The Bertz CT molecular complexity index is 899. The summed E-state index contributed by atoms with van der Waals surface area (Å²) < 4.78 is 5.48. The van der Waals surface area contributed by atoms with Crippen LogP contribution in [0.15, 0.2) is 24.3 Å². The lowest BCUT2D eigenvalue weighted by Gasteiger charge is -2.40. The van der Waals surface area contributed by atoms with Gasteiger partial charge < -0.3 is 19.4 Å². The van der Waals surface area contributed by atoms with Gasteiger partial charge in [0.05, 0.1) is 23.3 Å². The van der Waals surface area contributed by atoms with Gasteiger partial charge in [-0.2, -0.15) is 0 Å². The maximum atomic E-state index is 12.7. The standard InChI is InChI=1S/C26H36Cl2N4O3/c27-23-4-2-21(20-24(23)28)3-5-25(33)32-13-8-26(34)31(14-15-32)10-1-9-29-11-6-22(7-12-29)30-16-18-35-19-17-30/h2-5,20,22H,1,6-19H2/b5-3+. The van der Waals surface area contributed by atoms with Gasteiger partial charge in [-0.3, -0.25) is 14.5 Å². The van der Waals surface area contributed by atoms with E-state index in [1.807, 2.05) is 11.0 Å². The van der Waals surface area contributed by atoms with E-state index in [2.05, 4.69) is 9.80 Å². The molecule has 35 heavy (non-hydrogen) atoms. The van der Waals surface area contributed by atoms with E-state index in [-0.39, 0.29) is 11.8 Å². The van der Waals surface area contributed by atoms with Gasteiger partial charge in [0, 0.05) is 57.8 Å². The van der Waals surface area contributed by atoms with Crippen LogP contribution in [0.5, 0.6) is 0 Å². The highest BCUT2D eigenvalue weighted by molar-refractivity contribution is 6.42. The number of likely N-dealkylation sites (tertiary alicyclic amines) is 1. The van der Waals surface area contributed by atoms with Crippen molar-refractivity contribution >= 4 is 41.1 Å². The number of ether oxygens (including phenoxy) is 1. The van der Waals surface area contributed by atoms with Gasteiger partial charge in [-0.15, -0.1) is 0 Å². The number of rotatable bonds is 7. The van der Waals surface area contributed by atoms with Crippen molar-refractivity contribution in [2.24, 2.45) is 0 Å². The Hall–Kier alpha value is -1.64. The van der Waals surface area contributed by atoms with Crippen LogP contribution in [0.3, 0.4) is 0 Å². The van der Waals surface area contributed by atoms with E-state index in [1.54, 1.807) is 29.2 Å². The molecule has 4 rings (SSSR count). The van der Waals surface area contributed by atoms with Crippen LogP contribution in [-0.2, 0) is 14.3 Å². The van der Waals surface area contributed by atoms with Gasteiger partial charge >= 0.3 is 0 Å². The second-order valence-electron chi connectivity index (χ2n) is 9.54. The summed E-state index contributed by atoms with van der Waals surface area (Å²) in [6.07, 6.45) is 7.05. The first kappa shape index (κ1) is 26.4. The van der Waals surface area contributed by atoms with Crippen molar-refractivity contribution < 1.29 is 14.3 Å². The largest absolute Gasteiger partial charge is 0.379 e. The minimum atomic E-state index is -0.0890. The molecule has 2 amide bonds. The molecule has 3 aliphatic heterocycles. The second-order valence-corrected chi connectivity index (χ2v) is 10.4. The number of nitrogens with zero attached hydrogens (tertiary/aromatic N) is 4. The molecule has 9 heteroatoms. The third-order valence-electron chi connectivity index (χ3n) is 7.28. The van der Waals surface area contributed by atoms with Crippen molar-refractivity contribution in [3.63, 3.8) is 0 Å². The molecule has 0 radical (unpaired) electrons. The normalized spacial score (nSPS) is 21.6. The average Bonchev–Trinajstić information content (AvgIpc) is 3.07. The van der Waals surface area contributed by atoms with E-state index in [0.29, 0.717) is 42.1 Å². The summed E-state index contributed by atoms with van der Waals surface area (Å²) in [5, 5.41) is 0.942. The molecular formula is C26H36Cl2N4O3. The molecule has 0 unspecified atom stereocenters. The summed E-state index contributed by atoms with van der Waals surface area (Å²) in [6, 6.07) is 5.95. The molecular weight excluding hydrogens is 487 g/mol. The minimum Gasteiger partial charge on any atom is -0.379 e. The number of amides is 2. The lowest BCUT2D eigenvalue weighted by Crippen LogP contribution is -2.49. The van der Waals surface area contributed by atoms with Crippen LogP contribution in [0.4, 0.5) is 0 Å². The second kappa shape index (κ2) is 13.1. The maximum absolute atomic E-state index is 12.7. The first-order valence-corrected chi connectivity index (χ1v) is 13.5. The molecule has 0 bridgehead atoms. The Morgan fingerprint density at radius 3 is 2.49 bits per heavy atom. The Morgan fingerprint density at radius 1 is 0.971 bits per heavy atom. The quantitative estimate of drug-likeness (QED) is 0.514. The van der Waals surface area contributed by atoms with Crippen molar-refractivity contribution in [3.8, 4) is 0 Å². The summed E-state index contributed by atoms with van der Waals surface area (Å²) >= 11 is 12.0. The molecule has 0 aliphatic carbocycles. The Kier molecular flexibility index (Phi) is 9.86. The predicted octanol–water partition coefficient (Wildman–Crippen LogP) is 3.25. The summed E-state index contributed by atoms with van der Waals surface area (Å²) in [4.78, 5) is 34.1. The fourth-order valence-corrected chi connectivity index (χ4v) is 5.45. The molecule has 0 aromatic heterocycles. The molecule has 1 aromatic rings. The molecule has 1 aromatic carbocycles. The fourth-order valence-electron chi connectivity index (χ4n) is 5.15. The van der Waals surface area contributed by atoms with Gasteiger partial charge in [-0.05, 0) is 62.7 Å². The van der Waals surface area contributed by atoms with E-state index in [0.717, 1.165) is 64.5 Å². The Balaban J connectivity index is 1.17. The summed E-state index contributed by atoms with van der Waals surface area (Å²) in [5.74, 6) is 0.0497. The number of morpholine rings is 1. The van der Waals surface area contributed by atoms with Gasteiger partial charge in [-0.25, -0.2) is 0 Å². The number of benzene rings is 1. The van der Waals surface area contributed by atoms with Crippen molar-refractivity contribution in [2.45, 2.75) is 31.7 Å². The smallest absolute Gasteiger partial charge is 0.246 e. The van der Waals surface area contributed by atoms with Gasteiger partial charge in [-0.1, -0.05) is 29.3 Å². The lowest BCUT2D eigenvalue weighted by atomic mass is 10.0.